The maximum Gasteiger partial charge on any atom is 0.134 e. The van der Waals surface area contributed by atoms with Crippen molar-refractivity contribution in [3.8, 4) is 5.75 Å². The van der Waals surface area contributed by atoms with Crippen LogP contribution in [0.25, 0.3) is 10.9 Å². The van der Waals surface area contributed by atoms with Gasteiger partial charge in [0.15, 0.2) is 0 Å². The van der Waals surface area contributed by atoms with E-state index in [9.17, 15) is 5.11 Å². The summed E-state index contributed by atoms with van der Waals surface area (Å²) in [4.78, 5) is 4.25. The summed E-state index contributed by atoms with van der Waals surface area (Å²) in [5.74, 6) is 0.675. The first-order valence-electron chi connectivity index (χ1n) is 4.76. The van der Waals surface area contributed by atoms with Gasteiger partial charge in [0.05, 0.1) is 11.7 Å². The van der Waals surface area contributed by atoms with Crippen LogP contribution in [-0.2, 0) is 0 Å². The average molecular weight is 187 g/mol. The molecule has 1 heterocycles. The zero-order valence-electron chi connectivity index (χ0n) is 8.36. The van der Waals surface area contributed by atoms with Crippen LogP contribution in [0.3, 0.4) is 0 Å². The zero-order chi connectivity index (χ0) is 10.1. The van der Waals surface area contributed by atoms with E-state index in [1.165, 1.54) is 11.8 Å². The quantitative estimate of drug-likeness (QED) is 0.744. The Morgan fingerprint density at radius 1 is 1.29 bits per heavy atom. The van der Waals surface area contributed by atoms with Gasteiger partial charge in [-0.15, -0.1) is 0 Å². The molecular formula is C12H13NO. The Hall–Kier alpha value is -1.57. The first-order chi connectivity index (χ1) is 6.68. The second-order valence-corrected chi connectivity index (χ2v) is 3.77. The van der Waals surface area contributed by atoms with Crippen molar-refractivity contribution in [1.82, 2.24) is 4.98 Å². The molecule has 72 valence electrons. The minimum Gasteiger partial charge on any atom is -0.506 e. The van der Waals surface area contributed by atoms with Gasteiger partial charge < -0.3 is 5.11 Å². The standard InChI is InChI=1S/C12H13NO/c1-8(2)11-5-3-4-9-6-10(14)7-13-12(9)11/h3-8,14H,1-2H3. The summed E-state index contributed by atoms with van der Waals surface area (Å²) >= 11 is 0. The third-order valence-corrected chi connectivity index (χ3v) is 2.35. The van der Waals surface area contributed by atoms with E-state index in [1.807, 2.05) is 12.1 Å². The van der Waals surface area contributed by atoms with Gasteiger partial charge in [0.25, 0.3) is 0 Å². The number of benzene rings is 1. The molecule has 1 aromatic carbocycles. The Morgan fingerprint density at radius 3 is 2.79 bits per heavy atom. The summed E-state index contributed by atoms with van der Waals surface area (Å²) in [7, 11) is 0. The molecule has 2 heteroatoms. The molecule has 0 atom stereocenters. The minimum atomic E-state index is 0.221. The van der Waals surface area contributed by atoms with Crippen molar-refractivity contribution in [1.29, 1.82) is 0 Å². The molecule has 0 saturated heterocycles. The van der Waals surface area contributed by atoms with Crippen molar-refractivity contribution in [2.75, 3.05) is 0 Å². The molecule has 2 rings (SSSR count). The predicted molar refractivity (Wildman–Crippen MR) is 57.5 cm³/mol. The van der Waals surface area contributed by atoms with Crippen LogP contribution >= 0.6 is 0 Å². The van der Waals surface area contributed by atoms with Crippen molar-refractivity contribution >= 4 is 10.9 Å². The lowest BCUT2D eigenvalue weighted by Crippen LogP contribution is -1.91. The van der Waals surface area contributed by atoms with E-state index in [0.717, 1.165) is 10.9 Å². The highest BCUT2D eigenvalue weighted by atomic mass is 16.3. The van der Waals surface area contributed by atoms with Gasteiger partial charge in [-0.3, -0.25) is 4.98 Å². The number of aromatic nitrogens is 1. The zero-order valence-corrected chi connectivity index (χ0v) is 8.36. The summed E-state index contributed by atoms with van der Waals surface area (Å²) in [6.45, 7) is 4.28. The normalized spacial score (nSPS) is 11.1. The molecule has 0 unspecified atom stereocenters. The van der Waals surface area contributed by atoms with E-state index in [4.69, 9.17) is 0 Å². The van der Waals surface area contributed by atoms with Gasteiger partial charge in [0.1, 0.15) is 5.75 Å². The Balaban J connectivity index is 2.75. The molecule has 0 radical (unpaired) electrons. The van der Waals surface area contributed by atoms with Crippen LogP contribution in [0.15, 0.2) is 30.5 Å². The van der Waals surface area contributed by atoms with Crippen molar-refractivity contribution in [2.24, 2.45) is 0 Å². The smallest absolute Gasteiger partial charge is 0.134 e. The van der Waals surface area contributed by atoms with Gasteiger partial charge in [-0.1, -0.05) is 32.0 Å². The lowest BCUT2D eigenvalue weighted by Gasteiger charge is -2.08. The van der Waals surface area contributed by atoms with Gasteiger partial charge in [0, 0.05) is 5.39 Å². The molecule has 0 bridgehead atoms. The fourth-order valence-electron chi connectivity index (χ4n) is 1.64. The summed E-state index contributed by atoms with van der Waals surface area (Å²) in [5.41, 5.74) is 2.21. The molecule has 0 aliphatic carbocycles. The first-order valence-corrected chi connectivity index (χ1v) is 4.76. The summed E-state index contributed by atoms with van der Waals surface area (Å²) in [6, 6.07) is 7.79. The molecule has 0 spiro atoms. The number of rotatable bonds is 1. The number of hydrogen-bond acceptors (Lipinski definition) is 2. The molecule has 1 aromatic heterocycles. The van der Waals surface area contributed by atoms with Crippen molar-refractivity contribution in [3.63, 3.8) is 0 Å². The monoisotopic (exact) mass is 187 g/mol. The Morgan fingerprint density at radius 2 is 2.07 bits per heavy atom. The molecule has 1 N–H and O–H groups in total. The van der Waals surface area contributed by atoms with E-state index in [-0.39, 0.29) is 5.75 Å². The van der Waals surface area contributed by atoms with Crippen molar-refractivity contribution in [2.45, 2.75) is 19.8 Å². The molecule has 0 saturated carbocycles. The van der Waals surface area contributed by atoms with Gasteiger partial charge in [-0.2, -0.15) is 0 Å². The van der Waals surface area contributed by atoms with Crippen LogP contribution in [0, 0.1) is 0 Å². The fraction of sp³-hybridized carbons (Fsp3) is 0.250. The first kappa shape index (κ1) is 9.00. The van der Waals surface area contributed by atoms with Gasteiger partial charge in [-0.25, -0.2) is 0 Å². The topological polar surface area (TPSA) is 33.1 Å². The predicted octanol–water partition coefficient (Wildman–Crippen LogP) is 3.06. The lowest BCUT2D eigenvalue weighted by molar-refractivity contribution is 0.474. The average Bonchev–Trinajstić information content (AvgIpc) is 2.16. The maximum absolute atomic E-state index is 9.30. The second kappa shape index (κ2) is 3.29. The maximum atomic E-state index is 9.30. The highest BCUT2D eigenvalue weighted by molar-refractivity contribution is 5.83. The van der Waals surface area contributed by atoms with Gasteiger partial charge in [0.2, 0.25) is 0 Å². The van der Waals surface area contributed by atoms with Gasteiger partial charge in [-0.05, 0) is 17.5 Å². The lowest BCUT2D eigenvalue weighted by atomic mass is 10.00. The highest BCUT2D eigenvalue weighted by Gasteiger charge is 2.05. The number of pyridine rings is 1. The molecule has 0 aliphatic rings. The Labute approximate surface area is 83.2 Å². The third kappa shape index (κ3) is 1.43. The second-order valence-electron chi connectivity index (χ2n) is 3.77. The van der Waals surface area contributed by atoms with Crippen LogP contribution in [0.4, 0.5) is 0 Å². The van der Waals surface area contributed by atoms with Gasteiger partial charge >= 0.3 is 0 Å². The van der Waals surface area contributed by atoms with E-state index in [0.29, 0.717) is 5.92 Å². The molecule has 0 fully saturated rings. The number of nitrogens with zero attached hydrogens (tertiary/aromatic N) is 1. The van der Waals surface area contributed by atoms with Crippen LogP contribution in [0.2, 0.25) is 0 Å². The molecule has 2 nitrogen and oxygen atoms in total. The van der Waals surface area contributed by atoms with Crippen molar-refractivity contribution in [3.05, 3.63) is 36.0 Å². The van der Waals surface area contributed by atoms with E-state index in [2.05, 4.69) is 24.9 Å². The molecule has 2 aromatic rings. The number of aromatic hydroxyl groups is 1. The molecule has 0 amide bonds. The molecule has 14 heavy (non-hydrogen) atoms. The Bertz CT molecular complexity index is 463. The van der Waals surface area contributed by atoms with Crippen LogP contribution in [-0.4, -0.2) is 10.1 Å². The summed E-state index contributed by atoms with van der Waals surface area (Å²) < 4.78 is 0. The van der Waals surface area contributed by atoms with Crippen LogP contribution < -0.4 is 0 Å². The summed E-state index contributed by atoms with van der Waals surface area (Å²) in [6.07, 6.45) is 1.49. The number of hydrogen-bond donors (Lipinski definition) is 1. The summed E-state index contributed by atoms with van der Waals surface area (Å²) in [5, 5.41) is 10.3. The molecule has 0 aliphatic heterocycles. The van der Waals surface area contributed by atoms with Crippen molar-refractivity contribution < 1.29 is 5.11 Å². The third-order valence-electron chi connectivity index (χ3n) is 2.35. The van der Waals surface area contributed by atoms with E-state index < -0.39 is 0 Å². The van der Waals surface area contributed by atoms with E-state index >= 15 is 0 Å². The SMILES string of the molecule is CC(C)c1cccc2cc(O)cnc12. The fourth-order valence-corrected chi connectivity index (χ4v) is 1.64. The van der Waals surface area contributed by atoms with Crippen LogP contribution in [0.1, 0.15) is 25.3 Å². The Kier molecular flexibility index (Phi) is 2.12. The minimum absolute atomic E-state index is 0.221. The highest BCUT2D eigenvalue weighted by Crippen LogP contribution is 2.25. The largest absolute Gasteiger partial charge is 0.506 e. The van der Waals surface area contributed by atoms with E-state index in [1.54, 1.807) is 6.07 Å². The molecular weight excluding hydrogens is 174 g/mol. The van der Waals surface area contributed by atoms with Crippen LogP contribution in [0.5, 0.6) is 5.75 Å². The number of para-hydroxylation sites is 1. The number of fused-ring (bicyclic) bond motifs is 1.